The molecule has 0 saturated carbocycles. The summed E-state index contributed by atoms with van der Waals surface area (Å²) in [6.45, 7) is 0.390. The minimum Gasteiger partial charge on any atom is -0.467 e. The van der Waals surface area contributed by atoms with Crippen LogP contribution in [-0.2, 0) is 11.3 Å². The van der Waals surface area contributed by atoms with Gasteiger partial charge in [-0.25, -0.2) is 8.78 Å². The highest BCUT2D eigenvalue weighted by molar-refractivity contribution is 7.99. The van der Waals surface area contributed by atoms with Gasteiger partial charge in [-0.1, -0.05) is 42.1 Å². The van der Waals surface area contributed by atoms with Crippen molar-refractivity contribution in [3.05, 3.63) is 84.3 Å². The smallest absolute Gasteiger partial charge is 0.234 e. The molecule has 0 saturated heterocycles. The molecule has 0 unspecified atom stereocenters. The van der Waals surface area contributed by atoms with E-state index in [0.717, 1.165) is 29.5 Å². The molecule has 1 N–H and O–H groups in total. The number of anilines is 1. The zero-order valence-corrected chi connectivity index (χ0v) is 16.4. The molecule has 30 heavy (non-hydrogen) atoms. The largest absolute Gasteiger partial charge is 0.467 e. The van der Waals surface area contributed by atoms with E-state index in [4.69, 9.17) is 4.42 Å². The predicted octanol–water partition coefficient (Wildman–Crippen LogP) is 4.60. The summed E-state index contributed by atoms with van der Waals surface area (Å²) in [5, 5.41) is 11.4. The Bertz CT molecular complexity index is 1150. The number of hydrogen-bond acceptors (Lipinski definition) is 5. The second-order valence-corrected chi connectivity index (χ2v) is 7.24. The Morgan fingerprint density at radius 1 is 1.07 bits per heavy atom. The first-order valence-corrected chi connectivity index (χ1v) is 9.97. The number of thioether (sulfide) groups is 1. The topological polar surface area (TPSA) is 73.0 Å². The van der Waals surface area contributed by atoms with Crippen LogP contribution in [0.1, 0.15) is 5.76 Å². The first-order chi connectivity index (χ1) is 14.6. The molecule has 0 fully saturated rings. The maximum Gasteiger partial charge on any atom is 0.234 e. The van der Waals surface area contributed by atoms with Gasteiger partial charge < -0.3 is 9.73 Å². The van der Waals surface area contributed by atoms with Gasteiger partial charge in [-0.2, -0.15) is 0 Å². The van der Waals surface area contributed by atoms with Crippen molar-refractivity contribution in [2.45, 2.75) is 11.7 Å². The predicted molar refractivity (Wildman–Crippen MR) is 109 cm³/mol. The van der Waals surface area contributed by atoms with Crippen molar-refractivity contribution >= 4 is 23.4 Å². The van der Waals surface area contributed by atoms with Crippen LogP contribution in [0.2, 0.25) is 0 Å². The number of halogens is 2. The zero-order valence-electron chi connectivity index (χ0n) is 15.6. The molecule has 1 amide bonds. The molecule has 4 aromatic rings. The van der Waals surface area contributed by atoms with Gasteiger partial charge in [0.25, 0.3) is 0 Å². The van der Waals surface area contributed by atoms with Crippen LogP contribution in [0, 0.1) is 11.6 Å². The molecule has 152 valence electrons. The summed E-state index contributed by atoms with van der Waals surface area (Å²) >= 11 is 1.16. The number of nitrogens with zero attached hydrogens (tertiary/aromatic N) is 3. The van der Waals surface area contributed by atoms with Gasteiger partial charge in [0.2, 0.25) is 5.91 Å². The normalized spacial score (nSPS) is 10.9. The van der Waals surface area contributed by atoms with E-state index in [0.29, 0.717) is 23.3 Å². The number of aromatic nitrogens is 3. The van der Waals surface area contributed by atoms with E-state index in [1.807, 2.05) is 41.0 Å². The summed E-state index contributed by atoms with van der Waals surface area (Å²) in [6, 6.07) is 16.2. The highest BCUT2D eigenvalue weighted by Crippen LogP contribution is 2.25. The number of carbonyl (C=O) groups excluding carboxylic acids is 1. The monoisotopic (exact) mass is 426 g/mol. The summed E-state index contributed by atoms with van der Waals surface area (Å²) in [5.74, 6) is -0.660. The highest BCUT2D eigenvalue weighted by atomic mass is 32.2. The third kappa shape index (κ3) is 4.57. The lowest BCUT2D eigenvalue weighted by atomic mass is 10.2. The van der Waals surface area contributed by atoms with E-state index in [1.54, 1.807) is 12.3 Å². The van der Waals surface area contributed by atoms with Gasteiger partial charge in [-0.15, -0.1) is 10.2 Å². The summed E-state index contributed by atoms with van der Waals surface area (Å²) in [6.07, 6.45) is 1.58. The molecule has 0 spiro atoms. The van der Waals surface area contributed by atoms with Crippen molar-refractivity contribution in [2.24, 2.45) is 0 Å². The van der Waals surface area contributed by atoms with E-state index < -0.39 is 17.5 Å². The Labute approximate surface area is 174 Å². The fourth-order valence-corrected chi connectivity index (χ4v) is 3.54. The van der Waals surface area contributed by atoms with Crippen LogP contribution in [-0.4, -0.2) is 26.4 Å². The van der Waals surface area contributed by atoms with Crippen molar-refractivity contribution < 1.29 is 18.0 Å². The van der Waals surface area contributed by atoms with Crippen LogP contribution in [0.25, 0.3) is 11.4 Å². The summed E-state index contributed by atoms with van der Waals surface area (Å²) < 4.78 is 34.1. The Hall–Kier alpha value is -3.46. The third-order valence-electron chi connectivity index (χ3n) is 4.18. The van der Waals surface area contributed by atoms with Gasteiger partial charge >= 0.3 is 0 Å². The Morgan fingerprint density at radius 2 is 1.90 bits per heavy atom. The Kier molecular flexibility index (Phi) is 5.89. The van der Waals surface area contributed by atoms with E-state index >= 15 is 0 Å². The number of amides is 1. The van der Waals surface area contributed by atoms with Gasteiger partial charge in [-0.3, -0.25) is 9.36 Å². The van der Waals surface area contributed by atoms with Gasteiger partial charge in [0, 0.05) is 11.6 Å². The molecule has 0 aliphatic rings. The van der Waals surface area contributed by atoms with Crippen molar-refractivity contribution in [2.75, 3.05) is 11.1 Å². The van der Waals surface area contributed by atoms with Crippen LogP contribution in [0.3, 0.4) is 0 Å². The number of nitrogens with one attached hydrogen (secondary N) is 1. The maximum absolute atomic E-state index is 13.7. The molecule has 0 aliphatic carbocycles. The number of hydrogen-bond donors (Lipinski definition) is 1. The van der Waals surface area contributed by atoms with Crippen LogP contribution >= 0.6 is 11.8 Å². The second kappa shape index (κ2) is 8.91. The Morgan fingerprint density at radius 3 is 2.63 bits per heavy atom. The molecule has 0 bridgehead atoms. The number of furan rings is 1. The molecular weight excluding hydrogens is 410 g/mol. The van der Waals surface area contributed by atoms with Crippen LogP contribution in [0.15, 0.2) is 76.5 Å². The molecule has 2 heterocycles. The first-order valence-electron chi connectivity index (χ1n) is 8.99. The quantitative estimate of drug-likeness (QED) is 0.438. The molecule has 0 aliphatic heterocycles. The standard InChI is InChI=1S/C21H16F2N4O2S/c22-15-8-9-18(17(23)11-15)24-19(28)13-30-21-26-25-20(14-5-2-1-3-6-14)27(21)12-16-7-4-10-29-16/h1-11H,12-13H2,(H,24,28). The number of benzene rings is 2. The molecule has 0 atom stereocenters. The average molecular weight is 426 g/mol. The van der Waals surface area contributed by atoms with E-state index in [-0.39, 0.29) is 11.4 Å². The number of rotatable bonds is 7. The molecule has 6 nitrogen and oxygen atoms in total. The minimum absolute atomic E-state index is 0.0259. The van der Waals surface area contributed by atoms with Crippen molar-refractivity contribution in [1.29, 1.82) is 0 Å². The summed E-state index contributed by atoms with van der Waals surface area (Å²) in [7, 11) is 0. The molecule has 2 aromatic carbocycles. The van der Waals surface area contributed by atoms with E-state index in [2.05, 4.69) is 15.5 Å². The fraction of sp³-hybridized carbons (Fsp3) is 0.0952. The third-order valence-corrected chi connectivity index (χ3v) is 5.15. The molecule has 4 rings (SSSR count). The van der Waals surface area contributed by atoms with Gasteiger partial charge in [-0.05, 0) is 24.3 Å². The lowest BCUT2D eigenvalue weighted by molar-refractivity contribution is -0.113. The van der Waals surface area contributed by atoms with Crippen molar-refractivity contribution in [1.82, 2.24) is 14.8 Å². The van der Waals surface area contributed by atoms with E-state index in [1.165, 1.54) is 6.07 Å². The van der Waals surface area contributed by atoms with Gasteiger partial charge in [0.15, 0.2) is 11.0 Å². The second-order valence-electron chi connectivity index (χ2n) is 6.30. The van der Waals surface area contributed by atoms with Crippen molar-refractivity contribution in [3.8, 4) is 11.4 Å². The molecular formula is C21H16F2N4O2S. The molecule has 2 aromatic heterocycles. The van der Waals surface area contributed by atoms with Crippen LogP contribution in [0.4, 0.5) is 14.5 Å². The fourth-order valence-electron chi connectivity index (χ4n) is 2.80. The number of carbonyl (C=O) groups is 1. The lowest BCUT2D eigenvalue weighted by Crippen LogP contribution is -2.16. The van der Waals surface area contributed by atoms with E-state index in [9.17, 15) is 13.6 Å². The SMILES string of the molecule is O=C(CSc1nnc(-c2ccccc2)n1Cc1ccco1)Nc1ccc(F)cc1F. The van der Waals surface area contributed by atoms with Gasteiger partial charge in [0.05, 0.1) is 24.2 Å². The lowest BCUT2D eigenvalue weighted by Gasteiger charge is -2.09. The zero-order chi connectivity index (χ0) is 20.9. The van der Waals surface area contributed by atoms with Crippen LogP contribution in [0.5, 0.6) is 0 Å². The minimum atomic E-state index is -0.833. The first kappa shape index (κ1) is 19.8. The highest BCUT2D eigenvalue weighted by Gasteiger charge is 2.17. The van der Waals surface area contributed by atoms with Crippen molar-refractivity contribution in [3.63, 3.8) is 0 Å². The molecule has 0 radical (unpaired) electrons. The maximum atomic E-state index is 13.7. The summed E-state index contributed by atoms with van der Waals surface area (Å²) in [5.41, 5.74) is 0.797. The molecule has 9 heteroatoms. The summed E-state index contributed by atoms with van der Waals surface area (Å²) in [4.78, 5) is 12.3. The van der Waals surface area contributed by atoms with Gasteiger partial charge in [0.1, 0.15) is 17.4 Å². The Balaban J connectivity index is 1.52. The van der Waals surface area contributed by atoms with Crippen LogP contribution < -0.4 is 5.32 Å². The average Bonchev–Trinajstić information content (AvgIpc) is 3.40.